The Labute approximate surface area is 108 Å². The molecular formula is C13H21N3O2. The molecule has 0 fully saturated rings. The summed E-state index contributed by atoms with van der Waals surface area (Å²) < 4.78 is 5.06. The van der Waals surface area contributed by atoms with E-state index in [1.807, 2.05) is 13.8 Å². The molecule has 1 heterocycles. The van der Waals surface area contributed by atoms with Gasteiger partial charge in [0.25, 0.3) is 5.91 Å². The summed E-state index contributed by atoms with van der Waals surface area (Å²) >= 11 is 0. The molecule has 0 aromatic carbocycles. The molecule has 1 atom stereocenters. The van der Waals surface area contributed by atoms with Gasteiger partial charge in [0.05, 0.1) is 12.6 Å². The Balaban J connectivity index is 2.79. The summed E-state index contributed by atoms with van der Waals surface area (Å²) in [7, 11) is 3.41. The molecule has 0 aliphatic heterocycles. The maximum Gasteiger partial charge on any atom is 0.251 e. The van der Waals surface area contributed by atoms with Crippen LogP contribution in [0.1, 0.15) is 29.4 Å². The molecule has 5 nitrogen and oxygen atoms in total. The molecular weight excluding hydrogens is 230 g/mol. The van der Waals surface area contributed by atoms with E-state index in [-0.39, 0.29) is 11.9 Å². The fourth-order valence-electron chi connectivity index (χ4n) is 1.66. The third-order valence-corrected chi connectivity index (χ3v) is 2.67. The Kier molecular flexibility index (Phi) is 5.58. The van der Waals surface area contributed by atoms with Crippen LogP contribution in [-0.4, -0.2) is 37.7 Å². The smallest absolute Gasteiger partial charge is 0.251 e. The van der Waals surface area contributed by atoms with Crippen LogP contribution >= 0.6 is 0 Å². The number of amides is 1. The van der Waals surface area contributed by atoms with E-state index in [1.165, 1.54) is 0 Å². The second kappa shape index (κ2) is 6.96. The lowest BCUT2D eigenvalue weighted by molar-refractivity contribution is 0.0894. The molecule has 2 N–H and O–H groups in total. The monoisotopic (exact) mass is 251 g/mol. The number of ether oxygens (including phenoxy) is 1. The number of nitrogens with one attached hydrogen (secondary N) is 2. The molecule has 0 bridgehead atoms. The number of aryl methyl sites for hydroxylation is 1. The molecule has 0 aliphatic carbocycles. The van der Waals surface area contributed by atoms with Crippen molar-refractivity contribution in [3.63, 3.8) is 0 Å². The van der Waals surface area contributed by atoms with Gasteiger partial charge in [-0.25, -0.2) is 4.98 Å². The maximum absolute atomic E-state index is 12.1. The fraction of sp³-hybridized carbons (Fsp3) is 0.538. The highest BCUT2D eigenvalue weighted by molar-refractivity contribution is 5.95. The van der Waals surface area contributed by atoms with Crippen LogP contribution in [0.5, 0.6) is 0 Å². The van der Waals surface area contributed by atoms with Crippen molar-refractivity contribution in [2.45, 2.75) is 26.3 Å². The fourth-order valence-corrected chi connectivity index (χ4v) is 1.66. The zero-order valence-electron chi connectivity index (χ0n) is 11.4. The second-order valence-corrected chi connectivity index (χ2v) is 4.17. The molecule has 0 saturated heterocycles. The maximum atomic E-state index is 12.1. The molecule has 0 saturated carbocycles. The average Bonchev–Trinajstić information content (AvgIpc) is 2.37. The van der Waals surface area contributed by atoms with E-state index in [2.05, 4.69) is 15.6 Å². The second-order valence-electron chi connectivity index (χ2n) is 4.17. The van der Waals surface area contributed by atoms with Gasteiger partial charge in [-0.1, -0.05) is 6.92 Å². The van der Waals surface area contributed by atoms with Crippen LogP contribution < -0.4 is 10.6 Å². The first-order chi connectivity index (χ1) is 8.60. The summed E-state index contributed by atoms with van der Waals surface area (Å²) in [5, 5.41) is 5.88. The minimum absolute atomic E-state index is 0.0361. The standard InChI is InChI=1S/C13H21N3O2/c1-5-11(8-18-4)16-13(17)10-6-9(2)15-12(7-10)14-3/h6-7,11H,5,8H2,1-4H3,(H,14,15)(H,16,17). The highest BCUT2D eigenvalue weighted by Crippen LogP contribution is 2.10. The van der Waals surface area contributed by atoms with Gasteiger partial charge in [-0.2, -0.15) is 0 Å². The van der Waals surface area contributed by atoms with E-state index in [4.69, 9.17) is 4.74 Å². The summed E-state index contributed by atoms with van der Waals surface area (Å²) in [6.07, 6.45) is 0.836. The number of hydrogen-bond donors (Lipinski definition) is 2. The lowest BCUT2D eigenvalue weighted by Gasteiger charge is -2.16. The van der Waals surface area contributed by atoms with E-state index in [0.717, 1.165) is 12.1 Å². The van der Waals surface area contributed by atoms with Gasteiger partial charge in [0.15, 0.2) is 0 Å². The molecule has 0 aliphatic rings. The molecule has 5 heteroatoms. The zero-order valence-corrected chi connectivity index (χ0v) is 11.4. The number of carbonyl (C=O) groups excluding carboxylic acids is 1. The van der Waals surface area contributed by atoms with Gasteiger partial charge in [0, 0.05) is 25.4 Å². The SMILES string of the molecule is CCC(COC)NC(=O)c1cc(C)nc(NC)c1. The van der Waals surface area contributed by atoms with Crippen LogP contribution in [0.25, 0.3) is 0 Å². The Morgan fingerprint density at radius 1 is 1.50 bits per heavy atom. The lowest BCUT2D eigenvalue weighted by Crippen LogP contribution is -2.37. The summed E-state index contributed by atoms with van der Waals surface area (Å²) in [6, 6.07) is 3.55. The largest absolute Gasteiger partial charge is 0.383 e. The highest BCUT2D eigenvalue weighted by Gasteiger charge is 2.13. The van der Waals surface area contributed by atoms with E-state index in [9.17, 15) is 4.79 Å². The summed E-state index contributed by atoms with van der Waals surface area (Å²) in [5.41, 5.74) is 1.42. The number of nitrogens with zero attached hydrogens (tertiary/aromatic N) is 1. The number of anilines is 1. The lowest BCUT2D eigenvalue weighted by atomic mass is 10.1. The van der Waals surface area contributed by atoms with Crippen LogP contribution in [0.2, 0.25) is 0 Å². The van der Waals surface area contributed by atoms with Gasteiger partial charge in [-0.15, -0.1) is 0 Å². The van der Waals surface area contributed by atoms with Crippen molar-refractivity contribution in [1.29, 1.82) is 0 Å². The van der Waals surface area contributed by atoms with Crippen molar-refractivity contribution in [3.05, 3.63) is 23.4 Å². The molecule has 1 unspecified atom stereocenters. The minimum Gasteiger partial charge on any atom is -0.383 e. The number of methoxy groups -OCH3 is 1. The molecule has 0 radical (unpaired) electrons. The minimum atomic E-state index is -0.0964. The number of aromatic nitrogens is 1. The van der Waals surface area contributed by atoms with Crippen molar-refractivity contribution in [3.8, 4) is 0 Å². The van der Waals surface area contributed by atoms with E-state index >= 15 is 0 Å². The summed E-state index contributed by atoms with van der Waals surface area (Å²) in [4.78, 5) is 16.3. The number of carbonyl (C=O) groups is 1. The summed E-state index contributed by atoms with van der Waals surface area (Å²) in [6.45, 7) is 4.40. The molecule has 1 rings (SSSR count). The van der Waals surface area contributed by atoms with Crippen LogP contribution in [0.4, 0.5) is 5.82 Å². The Morgan fingerprint density at radius 3 is 2.78 bits per heavy atom. The first-order valence-corrected chi connectivity index (χ1v) is 6.07. The molecule has 1 aromatic heterocycles. The molecule has 100 valence electrons. The number of rotatable bonds is 6. The van der Waals surface area contributed by atoms with Gasteiger partial charge >= 0.3 is 0 Å². The van der Waals surface area contributed by atoms with Crippen LogP contribution in [0.15, 0.2) is 12.1 Å². The molecule has 18 heavy (non-hydrogen) atoms. The molecule has 0 spiro atoms. The van der Waals surface area contributed by atoms with E-state index in [1.54, 1.807) is 26.3 Å². The van der Waals surface area contributed by atoms with Crippen molar-refractivity contribution < 1.29 is 9.53 Å². The third kappa shape index (κ3) is 4.00. The van der Waals surface area contributed by atoms with Crippen molar-refractivity contribution in [2.24, 2.45) is 0 Å². The Hall–Kier alpha value is -1.62. The van der Waals surface area contributed by atoms with E-state index in [0.29, 0.717) is 18.0 Å². The average molecular weight is 251 g/mol. The van der Waals surface area contributed by atoms with Crippen LogP contribution in [-0.2, 0) is 4.74 Å². The van der Waals surface area contributed by atoms with E-state index < -0.39 is 0 Å². The summed E-state index contributed by atoms with van der Waals surface area (Å²) in [5.74, 6) is 0.598. The van der Waals surface area contributed by atoms with Crippen molar-refractivity contribution in [2.75, 3.05) is 26.1 Å². The third-order valence-electron chi connectivity index (χ3n) is 2.67. The highest BCUT2D eigenvalue weighted by atomic mass is 16.5. The van der Waals surface area contributed by atoms with Crippen LogP contribution in [0, 0.1) is 6.92 Å². The number of pyridine rings is 1. The van der Waals surface area contributed by atoms with Gasteiger partial charge in [-0.3, -0.25) is 4.79 Å². The predicted molar refractivity (Wildman–Crippen MR) is 71.9 cm³/mol. The van der Waals surface area contributed by atoms with Gasteiger partial charge in [-0.05, 0) is 25.5 Å². The first kappa shape index (κ1) is 14.4. The Bertz CT molecular complexity index is 407. The van der Waals surface area contributed by atoms with Gasteiger partial charge in [0.2, 0.25) is 0 Å². The predicted octanol–water partition coefficient (Wildman–Crippen LogP) is 1.59. The number of hydrogen-bond acceptors (Lipinski definition) is 4. The zero-order chi connectivity index (χ0) is 13.5. The Morgan fingerprint density at radius 2 is 2.22 bits per heavy atom. The molecule has 1 amide bonds. The topological polar surface area (TPSA) is 63.2 Å². The van der Waals surface area contributed by atoms with Crippen LogP contribution in [0.3, 0.4) is 0 Å². The molecule has 1 aromatic rings. The van der Waals surface area contributed by atoms with Gasteiger partial charge < -0.3 is 15.4 Å². The first-order valence-electron chi connectivity index (χ1n) is 6.07. The normalized spacial score (nSPS) is 12.0. The van der Waals surface area contributed by atoms with Crippen molar-refractivity contribution >= 4 is 11.7 Å². The van der Waals surface area contributed by atoms with Gasteiger partial charge in [0.1, 0.15) is 5.82 Å². The van der Waals surface area contributed by atoms with Crippen molar-refractivity contribution in [1.82, 2.24) is 10.3 Å². The quantitative estimate of drug-likeness (QED) is 0.806.